The number of nitrogens with one attached hydrogen (secondary N) is 2. The van der Waals surface area contributed by atoms with Crippen LogP contribution in [-0.2, 0) is 6.54 Å². The lowest BCUT2D eigenvalue weighted by Gasteiger charge is -2.27. The van der Waals surface area contributed by atoms with Crippen LogP contribution in [0.5, 0.6) is 0 Å². The third-order valence-corrected chi connectivity index (χ3v) is 4.46. The van der Waals surface area contributed by atoms with Gasteiger partial charge >= 0.3 is 5.69 Å². The van der Waals surface area contributed by atoms with Gasteiger partial charge in [0.1, 0.15) is 5.82 Å². The van der Waals surface area contributed by atoms with Gasteiger partial charge in [-0.15, -0.1) is 4.73 Å². The fourth-order valence-corrected chi connectivity index (χ4v) is 3.10. The van der Waals surface area contributed by atoms with Crippen molar-refractivity contribution in [2.45, 2.75) is 6.54 Å². The smallest absolute Gasteiger partial charge is 0.384 e. The number of rotatable bonds is 4. The van der Waals surface area contributed by atoms with Gasteiger partial charge in [0.25, 0.3) is 0 Å². The van der Waals surface area contributed by atoms with E-state index < -0.39 is 5.69 Å². The van der Waals surface area contributed by atoms with E-state index in [1.54, 1.807) is 12.1 Å². The van der Waals surface area contributed by atoms with Gasteiger partial charge in [0.15, 0.2) is 5.65 Å². The summed E-state index contributed by atoms with van der Waals surface area (Å²) in [5.74, 6) is 0.373. The molecule has 3 N–H and O–H groups in total. The number of aromatic nitrogens is 3. The van der Waals surface area contributed by atoms with Gasteiger partial charge in [0.2, 0.25) is 0 Å². The van der Waals surface area contributed by atoms with Gasteiger partial charge in [-0.25, -0.2) is 9.78 Å². The van der Waals surface area contributed by atoms with Crippen molar-refractivity contribution in [3.05, 3.63) is 58.6 Å². The zero-order valence-electron chi connectivity index (χ0n) is 14.2. The minimum absolute atomic E-state index is 0.172. The molecule has 1 aromatic carbocycles. The Balaban J connectivity index is 1.55. The molecule has 0 radical (unpaired) electrons. The second-order valence-electron chi connectivity index (χ2n) is 6.28. The lowest BCUT2D eigenvalue weighted by Crippen LogP contribution is -2.42. The van der Waals surface area contributed by atoms with Gasteiger partial charge in [-0.05, 0) is 29.8 Å². The highest BCUT2D eigenvalue weighted by Crippen LogP contribution is 2.22. The number of piperazine rings is 1. The van der Waals surface area contributed by atoms with Gasteiger partial charge < -0.3 is 15.8 Å². The summed E-state index contributed by atoms with van der Waals surface area (Å²) in [5, 5.41) is 16.9. The number of benzene rings is 1. The van der Waals surface area contributed by atoms with Crippen molar-refractivity contribution in [1.82, 2.24) is 24.9 Å². The molecule has 26 heavy (non-hydrogen) atoms. The number of hydrogen-bond donors (Lipinski definition) is 3. The maximum Gasteiger partial charge on any atom is 0.384 e. The monoisotopic (exact) mass is 352 g/mol. The highest BCUT2D eigenvalue weighted by atomic mass is 16.5. The van der Waals surface area contributed by atoms with E-state index in [2.05, 4.69) is 37.6 Å². The van der Waals surface area contributed by atoms with Gasteiger partial charge in [-0.1, -0.05) is 12.1 Å². The van der Waals surface area contributed by atoms with Gasteiger partial charge in [0, 0.05) is 44.6 Å². The molecule has 1 aliphatic rings. The molecular formula is C18H20N6O2. The Kier molecular flexibility index (Phi) is 4.51. The maximum atomic E-state index is 11.8. The van der Waals surface area contributed by atoms with Crippen LogP contribution >= 0.6 is 0 Å². The predicted molar refractivity (Wildman–Crippen MR) is 98.9 cm³/mol. The lowest BCUT2D eigenvalue weighted by atomic mass is 10.2. The van der Waals surface area contributed by atoms with Crippen LogP contribution in [0.2, 0.25) is 0 Å². The summed E-state index contributed by atoms with van der Waals surface area (Å²) in [5.41, 5.74) is 1.46. The molecule has 0 amide bonds. The Labute approximate surface area is 150 Å². The Morgan fingerprint density at radius 2 is 1.92 bits per heavy atom. The molecule has 0 unspecified atom stereocenters. The number of anilines is 2. The number of fused-ring (bicyclic) bond motifs is 1. The van der Waals surface area contributed by atoms with Crippen LogP contribution in [0.15, 0.2) is 47.4 Å². The van der Waals surface area contributed by atoms with Crippen LogP contribution in [0.25, 0.3) is 11.0 Å². The Morgan fingerprint density at radius 1 is 1.15 bits per heavy atom. The second-order valence-corrected chi connectivity index (χ2v) is 6.28. The summed E-state index contributed by atoms with van der Waals surface area (Å²) in [6, 6.07) is 11.5. The van der Waals surface area contributed by atoms with E-state index in [1.807, 2.05) is 12.1 Å². The SMILES string of the molecule is O=c1nc(Nc2ccc(CN3CCNCC3)cc2)c2cccnc2n1O. The molecule has 8 heteroatoms. The normalized spacial score (nSPS) is 15.2. The van der Waals surface area contributed by atoms with Crippen molar-refractivity contribution in [2.75, 3.05) is 31.5 Å². The van der Waals surface area contributed by atoms with Crippen LogP contribution in [0.3, 0.4) is 0 Å². The van der Waals surface area contributed by atoms with Crippen molar-refractivity contribution < 1.29 is 5.21 Å². The van der Waals surface area contributed by atoms with Crippen LogP contribution in [0.1, 0.15) is 5.56 Å². The first kappa shape index (κ1) is 16.5. The minimum atomic E-state index is -0.769. The first-order valence-corrected chi connectivity index (χ1v) is 8.57. The molecule has 0 spiro atoms. The minimum Gasteiger partial charge on any atom is -0.422 e. The van der Waals surface area contributed by atoms with Crippen molar-refractivity contribution in [1.29, 1.82) is 0 Å². The van der Waals surface area contributed by atoms with E-state index in [-0.39, 0.29) is 5.65 Å². The summed E-state index contributed by atoms with van der Waals surface area (Å²) < 4.78 is 0.455. The van der Waals surface area contributed by atoms with Crippen molar-refractivity contribution in [3.8, 4) is 0 Å². The first-order chi connectivity index (χ1) is 12.7. The molecule has 0 atom stereocenters. The maximum absolute atomic E-state index is 11.8. The number of nitrogens with zero attached hydrogens (tertiary/aromatic N) is 4. The molecular weight excluding hydrogens is 332 g/mol. The van der Waals surface area contributed by atoms with Crippen molar-refractivity contribution >= 4 is 22.5 Å². The molecule has 0 aliphatic carbocycles. The summed E-state index contributed by atoms with van der Waals surface area (Å²) in [4.78, 5) is 22.2. The van der Waals surface area contributed by atoms with Crippen LogP contribution in [0, 0.1) is 0 Å². The summed E-state index contributed by atoms with van der Waals surface area (Å²) in [7, 11) is 0. The summed E-state index contributed by atoms with van der Waals surface area (Å²) in [6.45, 7) is 5.10. The van der Waals surface area contributed by atoms with E-state index in [1.165, 1.54) is 11.8 Å². The van der Waals surface area contributed by atoms with E-state index in [9.17, 15) is 10.0 Å². The second kappa shape index (κ2) is 7.11. The Morgan fingerprint density at radius 3 is 2.69 bits per heavy atom. The van der Waals surface area contributed by atoms with Crippen LogP contribution in [-0.4, -0.2) is 51.0 Å². The van der Waals surface area contributed by atoms with Crippen molar-refractivity contribution in [3.63, 3.8) is 0 Å². The standard InChI is InChI=1S/C18H20N6O2/c25-18-22-16(15-2-1-7-20-17(15)24(18)26)21-14-5-3-13(4-6-14)12-23-10-8-19-9-11-23/h1-7,19,26H,8-12H2,(H,21,22,25). The van der Waals surface area contributed by atoms with E-state index >= 15 is 0 Å². The zero-order chi connectivity index (χ0) is 17.9. The lowest BCUT2D eigenvalue weighted by molar-refractivity contribution is 0.182. The molecule has 1 saturated heterocycles. The van der Waals surface area contributed by atoms with E-state index in [0.29, 0.717) is 15.9 Å². The fourth-order valence-electron chi connectivity index (χ4n) is 3.10. The third kappa shape index (κ3) is 3.37. The molecule has 0 bridgehead atoms. The van der Waals surface area contributed by atoms with Gasteiger partial charge in [-0.2, -0.15) is 4.98 Å². The average molecular weight is 352 g/mol. The van der Waals surface area contributed by atoms with Gasteiger partial charge in [0.05, 0.1) is 5.39 Å². The molecule has 3 aromatic rings. The molecule has 1 aliphatic heterocycles. The highest BCUT2D eigenvalue weighted by molar-refractivity contribution is 5.88. The van der Waals surface area contributed by atoms with E-state index in [4.69, 9.17) is 0 Å². The average Bonchev–Trinajstić information content (AvgIpc) is 2.68. The molecule has 3 heterocycles. The van der Waals surface area contributed by atoms with Crippen LogP contribution < -0.4 is 16.3 Å². The van der Waals surface area contributed by atoms with Crippen molar-refractivity contribution in [2.24, 2.45) is 0 Å². The molecule has 4 rings (SSSR count). The molecule has 134 valence electrons. The molecule has 8 nitrogen and oxygen atoms in total. The largest absolute Gasteiger partial charge is 0.422 e. The molecule has 0 saturated carbocycles. The van der Waals surface area contributed by atoms with Gasteiger partial charge in [-0.3, -0.25) is 4.90 Å². The predicted octanol–water partition coefficient (Wildman–Crippen LogP) is 1.18. The quantitative estimate of drug-likeness (QED) is 0.607. The topological polar surface area (TPSA) is 95.3 Å². The molecule has 2 aromatic heterocycles. The molecule has 1 fully saturated rings. The third-order valence-electron chi connectivity index (χ3n) is 4.46. The Bertz CT molecular complexity index is 964. The number of hydrogen-bond acceptors (Lipinski definition) is 7. The van der Waals surface area contributed by atoms with Crippen LogP contribution in [0.4, 0.5) is 11.5 Å². The summed E-state index contributed by atoms with van der Waals surface area (Å²) in [6.07, 6.45) is 1.52. The fraction of sp³-hybridized carbons (Fsp3) is 0.278. The Hall–Kier alpha value is -2.97. The van der Waals surface area contributed by atoms with E-state index in [0.717, 1.165) is 38.4 Å². The number of pyridine rings is 1. The highest BCUT2D eigenvalue weighted by Gasteiger charge is 2.12. The zero-order valence-corrected chi connectivity index (χ0v) is 14.2. The summed E-state index contributed by atoms with van der Waals surface area (Å²) >= 11 is 0. The first-order valence-electron chi connectivity index (χ1n) is 8.57.